The van der Waals surface area contributed by atoms with Crippen molar-refractivity contribution < 1.29 is 14.3 Å². The standard InChI is InChI=1S/C24H32N2O3/c1-4-23(29-22-7-5-6-18(2)16-22)24(27)25-17-19-8-10-20(11-9-19)28-21-12-14-26(3)15-13-21/h5-11,16,21,23H,4,12-15,17H2,1-3H3,(H,25,27)/t23-/m0/s1. The quantitative estimate of drug-likeness (QED) is 0.734. The number of ether oxygens (including phenoxy) is 2. The number of carbonyl (C=O) groups excluding carboxylic acids is 1. The predicted octanol–water partition coefficient (Wildman–Crippen LogP) is 3.94. The summed E-state index contributed by atoms with van der Waals surface area (Å²) in [5, 5.41) is 2.98. The van der Waals surface area contributed by atoms with Gasteiger partial charge in [0.25, 0.3) is 5.91 Å². The van der Waals surface area contributed by atoms with E-state index in [2.05, 4.69) is 17.3 Å². The molecule has 1 fully saturated rings. The molecule has 156 valence electrons. The van der Waals surface area contributed by atoms with Crippen LogP contribution in [0.2, 0.25) is 0 Å². The van der Waals surface area contributed by atoms with Gasteiger partial charge in [0.1, 0.15) is 17.6 Å². The molecule has 0 saturated carbocycles. The summed E-state index contributed by atoms with van der Waals surface area (Å²) in [4.78, 5) is 14.9. The van der Waals surface area contributed by atoms with Gasteiger partial charge in [-0.25, -0.2) is 0 Å². The lowest BCUT2D eigenvalue weighted by Crippen LogP contribution is -2.37. The van der Waals surface area contributed by atoms with E-state index < -0.39 is 6.10 Å². The second kappa shape index (κ2) is 10.3. The van der Waals surface area contributed by atoms with Crippen molar-refractivity contribution in [2.45, 2.75) is 51.9 Å². The van der Waals surface area contributed by atoms with E-state index in [-0.39, 0.29) is 5.91 Å². The molecule has 0 unspecified atom stereocenters. The van der Waals surface area contributed by atoms with Crippen molar-refractivity contribution in [2.75, 3.05) is 20.1 Å². The third-order valence-corrected chi connectivity index (χ3v) is 5.29. The maximum absolute atomic E-state index is 12.5. The number of aryl methyl sites for hydroxylation is 1. The van der Waals surface area contributed by atoms with Crippen LogP contribution in [-0.4, -0.2) is 43.2 Å². The Labute approximate surface area is 174 Å². The molecule has 5 nitrogen and oxygen atoms in total. The molecule has 0 radical (unpaired) electrons. The van der Waals surface area contributed by atoms with Gasteiger partial charge in [-0.2, -0.15) is 0 Å². The first kappa shape index (κ1) is 21.2. The van der Waals surface area contributed by atoms with Crippen LogP contribution in [-0.2, 0) is 11.3 Å². The molecule has 0 bridgehead atoms. The number of nitrogens with zero attached hydrogens (tertiary/aromatic N) is 1. The molecule has 1 N–H and O–H groups in total. The average molecular weight is 397 g/mol. The molecule has 0 aliphatic carbocycles. The van der Waals surface area contributed by atoms with Gasteiger partial charge in [-0.05, 0) is 68.6 Å². The molecule has 0 spiro atoms. The van der Waals surface area contributed by atoms with Gasteiger partial charge in [0.15, 0.2) is 6.10 Å². The predicted molar refractivity (Wildman–Crippen MR) is 115 cm³/mol. The molecule has 1 atom stereocenters. The fourth-order valence-electron chi connectivity index (χ4n) is 3.46. The summed E-state index contributed by atoms with van der Waals surface area (Å²) in [7, 11) is 2.15. The molecular weight excluding hydrogens is 364 g/mol. The Hall–Kier alpha value is -2.53. The number of benzene rings is 2. The molecule has 2 aromatic rings. The molecule has 2 aromatic carbocycles. The van der Waals surface area contributed by atoms with Crippen molar-refractivity contribution in [1.82, 2.24) is 10.2 Å². The zero-order chi connectivity index (χ0) is 20.6. The van der Waals surface area contributed by atoms with Gasteiger partial charge >= 0.3 is 0 Å². The molecule has 1 aliphatic heterocycles. The van der Waals surface area contributed by atoms with Crippen molar-refractivity contribution >= 4 is 5.91 Å². The van der Waals surface area contributed by atoms with E-state index in [1.54, 1.807) is 0 Å². The lowest BCUT2D eigenvalue weighted by atomic mass is 10.1. The number of carbonyl (C=O) groups is 1. The molecule has 5 heteroatoms. The van der Waals surface area contributed by atoms with E-state index in [9.17, 15) is 4.79 Å². The van der Waals surface area contributed by atoms with E-state index in [1.165, 1.54) is 0 Å². The second-order valence-electron chi connectivity index (χ2n) is 7.81. The lowest BCUT2D eigenvalue weighted by Gasteiger charge is -2.29. The Bertz CT molecular complexity index is 783. The maximum atomic E-state index is 12.5. The second-order valence-corrected chi connectivity index (χ2v) is 7.81. The fourth-order valence-corrected chi connectivity index (χ4v) is 3.46. The Morgan fingerprint density at radius 1 is 1.14 bits per heavy atom. The van der Waals surface area contributed by atoms with Gasteiger partial charge in [0.2, 0.25) is 0 Å². The highest BCUT2D eigenvalue weighted by molar-refractivity contribution is 5.81. The van der Waals surface area contributed by atoms with Crippen LogP contribution >= 0.6 is 0 Å². The SMILES string of the molecule is CC[C@H](Oc1cccc(C)c1)C(=O)NCc1ccc(OC2CCN(C)CC2)cc1. The number of likely N-dealkylation sites (tertiary alicyclic amines) is 1. The van der Waals surface area contributed by atoms with Crippen LogP contribution < -0.4 is 14.8 Å². The van der Waals surface area contributed by atoms with Crippen molar-refractivity contribution in [2.24, 2.45) is 0 Å². The van der Waals surface area contributed by atoms with Crippen LogP contribution in [0.4, 0.5) is 0 Å². The summed E-state index contributed by atoms with van der Waals surface area (Å²) in [5.41, 5.74) is 2.15. The lowest BCUT2D eigenvalue weighted by molar-refractivity contribution is -0.128. The van der Waals surface area contributed by atoms with E-state index in [0.29, 0.717) is 19.1 Å². The average Bonchev–Trinajstić information content (AvgIpc) is 2.73. The third-order valence-electron chi connectivity index (χ3n) is 5.29. The highest BCUT2D eigenvalue weighted by atomic mass is 16.5. The summed E-state index contributed by atoms with van der Waals surface area (Å²) in [6.45, 7) is 6.60. The third kappa shape index (κ3) is 6.50. The molecular formula is C24H32N2O3. The topological polar surface area (TPSA) is 50.8 Å². The van der Waals surface area contributed by atoms with E-state index in [0.717, 1.165) is 48.6 Å². The van der Waals surface area contributed by atoms with Crippen molar-refractivity contribution in [3.8, 4) is 11.5 Å². The minimum atomic E-state index is -0.496. The van der Waals surface area contributed by atoms with Crippen molar-refractivity contribution in [3.63, 3.8) is 0 Å². The van der Waals surface area contributed by atoms with Crippen LogP contribution in [0.25, 0.3) is 0 Å². The first-order chi connectivity index (χ1) is 14.0. The fraction of sp³-hybridized carbons (Fsp3) is 0.458. The Morgan fingerprint density at radius 2 is 1.86 bits per heavy atom. The molecule has 0 aromatic heterocycles. The van der Waals surface area contributed by atoms with Gasteiger partial charge in [-0.1, -0.05) is 31.2 Å². The van der Waals surface area contributed by atoms with Crippen LogP contribution in [0.3, 0.4) is 0 Å². The molecule has 3 rings (SSSR count). The summed E-state index contributed by atoms with van der Waals surface area (Å²) < 4.78 is 12.0. The number of hydrogen-bond acceptors (Lipinski definition) is 4. The summed E-state index contributed by atoms with van der Waals surface area (Å²) >= 11 is 0. The van der Waals surface area contributed by atoms with Crippen LogP contribution in [0.5, 0.6) is 11.5 Å². The first-order valence-electron chi connectivity index (χ1n) is 10.5. The zero-order valence-electron chi connectivity index (χ0n) is 17.7. The Balaban J connectivity index is 1.47. The first-order valence-corrected chi connectivity index (χ1v) is 10.5. The number of rotatable bonds is 8. The van der Waals surface area contributed by atoms with Crippen LogP contribution in [0.15, 0.2) is 48.5 Å². The largest absolute Gasteiger partial charge is 0.490 e. The van der Waals surface area contributed by atoms with Gasteiger partial charge in [-0.15, -0.1) is 0 Å². The highest BCUT2D eigenvalue weighted by Crippen LogP contribution is 2.19. The van der Waals surface area contributed by atoms with Gasteiger partial charge in [0.05, 0.1) is 0 Å². The van der Waals surface area contributed by atoms with Crippen LogP contribution in [0, 0.1) is 6.92 Å². The number of hydrogen-bond donors (Lipinski definition) is 1. The normalized spacial score (nSPS) is 16.2. The van der Waals surface area contributed by atoms with Gasteiger partial charge in [-0.3, -0.25) is 4.79 Å². The van der Waals surface area contributed by atoms with Gasteiger partial charge in [0, 0.05) is 19.6 Å². The minimum absolute atomic E-state index is 0.0966. The van der Waals surface area contributed by atoms with Crippen LogP contribution in [0.1, 0.15) is 37.3 Å². The molecule has 1 saturated heterocycles. The highest BCUT2D eigenvalue weighted by Gasteiger charge is 2.19. The Kier molecular flexibility index (Phi) is 7.53. The summed E-state index contributed by atoms with van der Waals surface area (Å²) in [6, 6.07) is 15.8. The van der Waals surface area contributed by atoms with E-state index >= 15 is 0 Å². The zero-order valence-corrected chi connectivity index (χ0v) is 17.7. The van der Waals surface area contributed by atoms with Gasteiger partial charge < -0.3 is 19.7 Å². The number of piperidine rings is 1. The molecule has 1 amide bonds. The van der Waals surface area contributed by atoms with Crippen molar-refractivity contribution in [3.05, 3.63) is 59.7 Å². The van der Waals surface area contributed by atoms with Crippen molar-refractivity contribution in [1.29, 1.82) is 0 Å². The molecule has 1 heterocycles. The smallest absolute Gasteiger partial charge is 0.261 e. The monoisotopic (exact) mass is 396 g/mol. The maximum Gasteiger partial charge on any atom is 0.261 e. The van der Waals surface area contributed by atoms with E-state index in [4.69, 9.17) is 9.47 Å². The molecule has 1 aliphatic rings. The molecule has 29 heavy (non-hydrogen) atoms. The minimum Gasteiger partial charge on any atom is -0.490 e. The Morgan fingerprint density at radius 3 is 2.52 bits per heavy atom. The summed E-state index contributed by atoms with van der Waals surface area (Å²) in [6.07, 6.45) is 2.54. The number of nitrogens with one attached hydrogen (secondary N) is 1. The van der Waals surface area contributed by atoms with E-state index in [1.807, 2.05) is 62.4 Å². The summed E-state index contributed by atoms with van der Waals surface area (Å²) in [5.74, 6) is 1.52. The number of amides is 1.